The first-order chi connectivity index (χ1) is 5.58. The second-order valence-corrected chi connectivity index (χ2v) is 3.27. The van der Waals surface area contributed by atoms with Crippen molar-refractivity contribution in [3.63, 3.8) is 0 Å². The fourth-order valence-corrected chi connectivity index (χ4v) is 1.51. The SMILES string of the molecule is CCOC(=O)C1(N)CCC(O)C1.Cl. The minimum atomic E-state index is -0.935. The molecule has 0 radical (unpaired) electrons. The lowest BCUT2D eigenvalue weighted by Gasteiger charge is -2.20. The average Bonchev–Trinajstić information content (AvgIpc) is 2.33. The van der Waals surface area contributed by atoms with Gasteiger partial charge in [-0.1, -0.05) is 0 Å². The maximum atomic E-state index is 11.3. The highest BCUT2D eigenvalue weighted by Crippen LogP contribution is 2.28. The maximum Gasteiger partial charge on any atom is 0.326 e. The van der Waals surface area contributed by atoms with Gasteiger partial charge in [0.15, 0.2) is 0 Å². The molecule has 0 aliphatic heterocycles. The van der Waals surface area contributed by atoms with E-state index in [1.807, 2.05) is 0 Å². The van der Waals surface area contributed by atoms with Crippen LogP contribution in [-0.4, -0.2) is 29.3 Å². The molecule has 0 bridgehead atoms. The van der Waals surface area contributed by atoms with Crippen molar-refractivity contribution >= 4 is 18.4 Å². The Bertz CT molecular complexity index is 188. The summed E-state index contributed by atoms with van der Waals surface area (Å²) < 4.78 is 4.80. The van der Waals surface area contributed by atoms with Crippen LogP contribution in [-0.2, 0) is 9.53 Å². The van der Waals surface area contributed by atoms with E-state index in [1.54, 1.807) is 6.92 Å². The monoisotopic (exact) mass is 209 g/mol. The molecule has 1 saturated carbocycles. The highest BCUT2D eigenvalue weighted by molar-refractivity contribution is 5.85. The molecule has 0 amide bonds. The van der Waals surface area contributed by atoms with Crippen LogP contribution in [0.5, 0.6) is 0 Å². The second kappa shape index (κ2) is 4.79. The summed E-state index contributed by atoms with van der Waals surface area (Å²) in [5, 5.41) is 9.19. The number of aliphatic hydroxyl groups excluding tert-OH is 1. The lowest BCUT2D eigenvalue weighted by molar-refractivity contribution is -0.149. The fourth-order valence-electron chi connectivity index (χ4n) is 1.51. The molecule has 3 N–H and O–H groups in total. The summed E-state index contributed by atoms with van der Waals surface area (Å²) in [5.41, 5.74) is 4.81. The van der Waals surface area contributed by atoms with Crippen LogP contribution < -0.4 is 5.73 Å². The summed E-state index contributed by atoms with van der Waals surface area (Å²) in [7, 11) is 0. The first-order valence-electron chi connectivity index (χ1n) is 4.22. The number of hydrogen-bond acceptors (Lipinski definition) is 4. The summed E-state index contributed by atoms with van der Waals surface area (Å²) >= 11 is 0. The smallest absolute Gasteiger partial charge is 0.326 e. The highest BCUT2D eigenvalue weighted by atomic mass is 35.5. The third kappa shape index (κ3) is 2.83. The predicted molar refractivity (Wildman–Crippen MR) is 50.7 cm³/mol. The molecule has 78 valence electrons. The Morgan fingerprint density at radius 3 is 2.77 bits per heavy atom. The molecule has 1 fully saturated rings. The van der Waals surface area contributed by atoms with E-state index in [4.69, 9.17) is 10.5 Å². The predicted octanol–water partition coefficient (Wildman–Crippen LogP) is 0.214. The number of rotatable bonds is 2. The van der Waals surface area contributed by atoms with E-state index in [-0.39, 0.29) is 18.4 Å². The Kier molecular flexibility index (Phi) is 4.67. The van der Waals surface area contributed by atoms with Crippen LogP contribution in [0.4, 0.5) is 0 Å². The lowest BCUT2D eigenvalue weighted by atomic mass is 10.00. The molecule has 1 rings (SSSR count). The zero-order chi connectivity index (χ0) is 9.19. The van der Waals surface area contributed by atoms with Gasteiger partial charge in [0, 0.05) is 6.42 Å². The zero-order valence-corrected chi connectivity index (χ0v) is 8.47. The van der Waals surface area contributed by atoms with Gasteiger partial charge < -0.3 is 15.6 Å². The number of nitrogens with two attached hydrogens (primary N) is 1. The summed E-state index contributed by atoms with van der Waals surface area (Å²) in [6.07, 6.45) is 0.994. The maximum absolute atomic E-state index is 11.3. The molecule has 0 aromatic rings. The van der Waals surface area contributed by atoms with Gasteiger partial charge in [-0.05, 0) is 19.8 Å². The van der Waals surface area contributed by atoms with Gasteiger partial charge >= 0.3 is 5.97 Å². The van der Waals surface area contributed by atoms with Gasteiger partial charge in [0.05, 0.1) is 12.7 Å². The molecule has 2 unspecified atom stereocenters. The minimum Gasteiger partial charge on any atom is -0.465 e. The van der Waals surface area contributed by atoms with E-state index in [1.165, 1.54) is 0 Å². The average molecular weight is 210 g/mol. The molecule has 0 aromatic heterocycles. The van der Waals surface area contributed by atoms with Gasteiger partial charge in [-0.2, -0.15) is 0 Å². The van der Waals surface area contributed by atoms with Gasteiger partial charge in [0.25, 0.3) is 0 Å². The molecule has 0 heterocycles. The van der Waals surface area contributed by atoms with E-state index in [0.717, 1.165) is 0 Å². The van der Waals surface area contributed by atoms with Crippen molar-refractivity contribution in [1.82, 2.24) is 0 Å². The third-order valence-electron chi connectivity index (χ3n) is 2.21. The minimum absolute atomic E-state index is 0. The Balaban J connectivity index is 0.00000144. The van der Waals surface area contributed by atoms with Crippen LogP contribution in [0.15, 0.2) is 0 Å². The number of halogens is 1. The van der Waals surface area contributed by atoms with Crippen molar-refractivity contribution in [2.75, 3.05) is 6.61 Å². The van der Waals surface area contributed by atoms with Crippen LogP contribution >= 0.6 is 12.4 Å². The van der Waals surface area contributed by atoms with Gasteiger partial charge in [-0.15, -0.1) is 12.4 Å². The summed E-state index contributed by atoms with van der Waals surface area (Å²) in [6.45, 7) is 2.08. The molecule has 0 saturated heterocycles. The van der Waals surface area contributed by atoms with Gasteiger partial charge in [0.2, 0.25) is 0 Å². The van der Waals surface area contributed by atoms with Crippen molar-refractivity contribution in [2.45, 2.75) is 37.8 Å². The van der Waals surface area contributed by atoms with Crippen molar-refractivity contribution < 1.29 is 14.6 Å². The lowest BCUT2D eigenvalue weighted by Crippen LogP contribution is -2.47. The molecule has 4 nitrogen and oxygen atoms in total. The van der Waals surface area contributed by atoms with E-state index < -0.39 is 11.6 Å². The highest BCUT2D eigenvalue weighted by Gasteiger charge is 2.42. The number of ether oxygens (including phenoxy) is 1. The fraction of sp³-hybridized carbons (Fsp3) is 0.875. The number of carbonyl (C=O) groups is 1. The summed E-state index contributed by atoms with van der Waals surface area (Å²) in [4.78, 5) is 11.3. The molecule has 2 atom stereocenters. The Morgan fingerprint density at radius 2 is 2.38 bits per heavy atom. The standard InChI is InChI=1S/C8H15NO3.ClH/c1-2-12-7(11)8(9)4-3-6(10)5-8;/h6,10H,2-5,9H2,1H3;1H. The van der Waals surface area contributed by atoms with E-state index >= 15 is 0 Å². The van der Waals surface area contributed by atoms with Gasteiger partial charge in [0.1, 0.15) is 5.54 Å². The Labute approximate surface area is 83.9 Å². The van der Waals surface area contributed by atoms with E-state index in [0.29, 0.717) is 25.9 Å². The molecular formula is C8H16ClNO3. The first kappa shape index (κ1) is 12.7. The number of carbonyl (C=O) groups excluding carboxylic acids is 1. The number of esters is 1. The molecule has 1 aliphatic rings. The van der Waals surface area contributed by atoms with E-state index in [9.17, 15) is 9.90 Å². The Hall–Kier alpha value is -0.320. The van der Waals surface area contributed by atoms with Crippen molar-refractivity contribution in [3.05, 3.63) is 0 Å². The van der Waals surface area contributed by atoms with E-state index in [2.05, 4.69) is 0 Å². The topological polar surface area (TPSA) is 72.5 Å². The molecule has 5 heteroatoms. The van der Waals surface area contributed by atoms with Crippen LogP contribution in [0.3, 0.4) is 0 Å². The van der Waals surface area contributed by atoms with Crippen molar-refractivity contribution in [3.8, 4) is 0 Å². The summed E-state index contributed by atoms with van der Waals surface area (Å²) in [6, 6.07) is 0. The van der Waals surface area contributed by atoms with Gasteiger partial charge in [-0.25, -0.2) is 0 Å². The quantitative estimate of drug-likeness (QED) is 0.638. The largest absolute Gasteiger partial charge is 0.465 e. The van der Waals surface area contributed by atoms with Gasteiger partial charge in [-0.3, -0.25) is 4.79 Å². The Morgan fingerprint density at radius 1 is 1.77 bits per heavy atom. The zero-order valence-electron chi connectivity index (χ0n) is 7.66. The molecule has 0 aromatic carbocycles. The number of hydrogen-bond donors (Lipinski definition) is 2. The number of aliphatic hydroxyl groups is 1. The third-order valence-corrected chi connectivity index (χ3v) is 2.21. The molecule has 1 aliphatic carbocycles. The normalized spacial score (nSPS) is 32.4. The molecule has 13 heavy (non-hydrogen) atoms. The van der Waals surface area contributed by atoms with Crippen LogP contribution in [0, 0.1) is 0 Å². The van der Waals surface area contributed by atoms with Crippen LogP contribution in [0.2, 0.25) is 0 Å². The molecular weight excluding hydrogens is 194 g/mol. The molecule has 0 spiro atoms. The second-order valence-electron chi connectivity index (χ2n) is 3.27. The van der Waals surface area contributed by atoms with Crippen molar-refractivity contribution in [1.29, 1.82) is 0 Å². The van der Waals surface area contributed by atoms with Crippen LogP contribution in [0.25, 0.3) is 0 Å². The van der Waals surface area contributed by atoms with Crippen molar-refractivity contribution in [2.24, 2.45) is 5.73 Å². The summed E-state index contributed by atoms with van der Waals surface area (Å²) in [5.74, 6) is -0.387. The first-order valence-corrected chi connectivity index (χ1v) is 4.22. The van der Waals surface area contributed by atoms with Crippen LogP contribution in [0.1, 0.15) is 26.2 Å².